The fourth-order valence-corrected chi connectivity index (χ4v) is 1.87. The lowest BCUT2D eigenvalue weighted by Gasteiger charge is -2.00. The molecule has 0 saturated heterocycles. The van der Waals surface area contributed by atoms with Gasteiger partial charge in [-0.15, -0.1) is 0 Å². The third-order valence-electron chi connectivity index (χ3n) is 2.20. The van der Waals surface area contributed by atoms with Crippen molar-refractivity contribution in [2.24, 2.45) is 0 Å². The van der Waals surface area contributed by atoms with Crippen molar-refractivity contribution in [1.29, 1.82) is 0 Å². The van der Waals surface area contributed by atoms with Crippen molar-refractivity contribution in [2.45, 2.75) is 0 Å². The van der Waals surface area contributed by atoms with Crippen LogP contribution in [0.2, 0.25) is 0 Å². The number of fused-ring (bicyclic) bond motifs is 3. The topological polar surface area (TPSA) is 57.1 Å². The summed E-state index contributed by atoms with van der Waals surface area (Å²) >= 11 is 3.29. The molecule has 2 aromatic heterocycles. The molecule has 74 valence electrons. The second kappa shape index (κ2) is 2.90. The number of nitrogens with zero attached hydrogens (tertiary/aromatic N) is 4. The number of rotatable bonds is 0. The Morgan fingerprint density at radius 1 is 1.33 bits per heavy atom. The van der Waals surface area contributed by atoms with Crippen LogP contribution in [-0.2, 0) is 0 Å². The summed E-state index contributed by atoms with van der Waals surface area (Å²) in [7, 11) is 0. The Morgan fingerprint density at radius 3 is 3.00 bits per heavy atom. The van der Waals surface area contributed by atoms with Crippen LogP contribution >= 0.6 is 15.9 Å². The van der Waals surface area contributed by atoms with Crippen LogP contribution in [0.15, 0.2) is 34.9 Å². The van der Waals surface area contributed by atoms with E-state index in [-0.39, 0.29) is 0 Å². The van der Waals surface area contributed by atoms with E-state index in [0.29, 0.717) is 20.5 Å². The molecule has 0 aliphatic rings. The van der Waals surface area contributed by atoms with Crippen molar-refractivity contribution < 1.29 is 4.85 Å². The average Bonchev–Trinajstić information content (AvgIpc) is 2.62. The molecular formula is C9H5BrN4O. The Balaban J connectivity index is 2.65. The van der Waals surface area contributed by atoms with Gasteiger partial charge in [0.1, 0.15) is 5.52 Å². The maximum absolute atomic E-state index is 11.6. The van der Waals surface area contributed by atoms with E-state index in [1.54, 1.807) is 22.8 Å². The van der Waals surface area contributed by atoms with Crippen LogP contribution in [0.3, 0.4) is 0 Å². The molecule has 0 fully saturated rings. The molecule has 6 heteroatoms. The van der Waals surface area contributed by atoms with Gasteiger partial charge in [-0.05, 0) is 26.8 Å². The maximum atomic E-state index is 11.6. The van der Waals surface area contributed by atoms with Gasteiger partial charge in [-0.25, -0.2) is 4.52 Å². The summed E-state index contributed by atoms with van der Waals surface area (Å²) in [5.74, 6) is 0. The molecule has 3 aromatic rings. The van der Waals surface area contributed by atoms with Crippen molar-refractivity contribution in [2.75, 3.05) is 0 Å². The monoisotopic (exact) mass is 264 g/mol. The first-order valence-corrected chi connectivity index (χ1v) is 5.08. The van der Waals surface area contributed by atoms with Crippen LogP contribution < -0.4 is 4.85 Å². The highest BCUT2D eigenvalue weighted by Gasteiger charge is 2.13. The molecule has 1 aromatic carbocycles. The number of hydrogen-bond donors (Lipinski definition) is 0. The number of halogens is 1. The van der Waals surface area contributed by atoms with Crippen LogP contribution in [0.5, 0.6) is 0 Å². The summed E-state index contributed by atoms with van der Waals surface area (Å²) in [6.45, 7) is 0. The van der Waals surface area contributed by atoms with Gasteiger partial charge in [-0.2, -0.15) is 5.10 Å². The molecular weight excluding hydrogens is 260 g/mol. The Morgan fingerprint density at radius 2 is 2.13 bits per heavy atom. The van der Waals surface area contributed by atoms with Crippen LogP contribution in [-0.4, -0.2) is 14.7 Å². The number of hydrogen-bond acceptors (Lipinski definition) is 3. The molecule has 0 aliphatic carbocycles. The zero-order chi connectivity index (χ0) is 10.4. The van der Waals surface area contributed by atoms with Crippen LogP contribution in [0.1, 0.15) is 0 Å². The lowest BCUT2D eigenvalue weighted by atomic mass is 10.3. The zero-order valence-corrected chi connectivity index (χ0v) is 9.05. The van der Waals surface area contributed by atoms with E-state index in [1.807, 2.05) is 12.1 Å². The molecule has 15 heavy (non-hydrogen) atoms. The molecule has 0 atom stereocenters. The van der Waals surface area contributed by atoms with Crippen molar-refractivity contribution in [3.8, 4) is 0 Å². The Bertz CT molecular complexity index is 664. The lowest BCUT2D eigenvalue weighted by Crippen LogP contribution is -2.33. The smallest absolute Gasteiger partial charge is 0.270 e. The first-order valence-electron chi connectivity index (χ1n) is 4.29. The first kappa shape index (κ1) is 8.60. The van der Waals surface area contributed by atoms with Gasteiger partial charge < -0.3 is 5.21 Å². The molecule has 3 rings (SSSR count). The van der Waals surface area contributed by atoms with Gasteiger partial charge in [-0.3, -0.25) is 0 Å². The van der Waals surface area contributed by atoms with E-state index in [4.69, 9.17) is 0 Å². The summed E-state index contributed by atoms with van der Waals surface area (Å²) in [5, 5.41) is 19.6. The van der Waals surface area contributed by atoms with Gasteiger partial charge in [0.05, 0.1) is 10.7 Å². The number of aromatic nitrogens is 4. The van der Waals surface area contributed by atoms with Gasteiger partial charge in [0.25, 0.3) is 5.52 Å². The van der Waals surface area contributed by atoms with Crippen molar-refractivity contribution in [3.05, 3.63) is 40.1 Å². The minimum atomic E-state index is 0.501. The SMILES string of the molecule is [O-][n+]1nc2c(Br)cnn2c2ccccc21. The third-order valence-corrected chi connectivity index (χ3v) is 2.76. The highest BCUT2D eigenvalue weighted by molar-refractivity contribution is 9.10. The second-order valence-electron chi connectivity index (χ2n) is 3.09. The summed E-state index contributed by atoms with van der Waals surface area (Å²) in [6.07, 6.45) is 1.62. The van der Waals surface area contributed by atoms with E-state index >= 15 is 0 Å². The van der Waals surface area contributed by atoms with Crippen molar-refractivity contribution in [3.63, 3.8) is 0 Å². The van der Waals surface area contributed by atoms with Gasteiger partial charge in [0.2, 0.25) is 5.65 Å². The Hall–Kier alpha value is -1.69. The lowest BCUT2D eigenvalue weighted by molar-refractivity contribution is -0.640. The minimum Gasteiger partial charge on any atom is -0.594 e. The minimum absolute atomic E-state index is 0.501. The molecule has 0 N–H and O–H groups in total. The Kier molecular flexibility index (Phi) is 1.66. The summed E-state index contributed by atoms with van der Waals surface area (Å²) in [6, 6.07) is 7.20. The highest BCUT2D eigenvalue weighted by Crippen LogP contribution is 2.17. The maximum Gasteiger partial charge on any atom is 0.270 e. The standard InChI is InChI=1S/C9H5BrN4O/c10-6-5-11-13-7-3-1-2-4-8(7)14(15)12-9(6)13/h1-5H. The van der Waals surface area contributed by atoms with E-state index in [1.165, 1.54) is 0 Å². The fourth-order valence-electron chi connectivity index (χ4n) is 1.53. The van der Waals surface area contributed by atoms with Gasteiger partial charge in [0, 0.05) is 11.2 Å². The zero-order valence-electron chi connectivity index (χ0n) is 7.46. The summed E-state index contributed by atoms with van der Waals surface area (Å²) < 4.78 is 2.34. The number of para-hydroxylation sites is 2. The fraction of sp³-hybridized carbons (Fsp3) is 0. The van der Waals surface area contributed by atoms with E-state index in [0.717, 1.165) is 5.52 Å². The highest BCUT2D eigenvalue weighted by atomic mass is 79.9. The molecule has 0 saturated carbocycles. The normalized spacial score (nSPS) is 11.3. The molecule has 0 unspecified atom stereocenters. The molecule has 2 heterocycles. The molecule has 0 bridgehead atoms. The summed E-state index contributed by atoms with van der Waals surface area (Å²) in [4.78, 5) is 0.608. The van der Waals surface area contributed by atoms with Crippen molar-refractivity contribution >= 4 is 32.6 Å². The molecule has 0 spiro atoms. The largest absolute Gasteiger partial charge is 0.594 e. The average molecular weight is 265 g/mol. The van der Waals surface area contributed by atoms with Gasteiger partial charge in [0.15, 0.2) is 0 Å². The molecule has 0 amide bonds. The van der Waals surface area contributed by atoms with Crippen LogP contribution in [0.4, 0.5) is 0 Å². The van der Waals surface area contributed by atoms with Gasteiger partial charge in [-0.1, -0.05) is 12.1 Å². The third kappa shape index (κ3) is 1.11. The van der Waals surface area contributed by atoms with E-state index in [9.17, 15) is 5.21 Å². The molecule has 5 nitrogen and oxygen atoms in total. The van der Waals surface area contributed by atoms with Gasteiger partial charge >= 0.3 is 0 Å². The second-order valence-corrected chi connectivity index (χ2v) is 3.94. The number of benzene rings is 1. The van der Waals surface area contributed by atoms with Crippen molar-refractivity contribution in [1.82, 2.24) is 14.7 Å². The predicted molar refractivity (Wildman–Crippen MR) is 57.2 cm³/mol. The quantitative estimate of drug-likeness (QED) is 0.454. The first-order chi connectivity index (χ1) is 7.27. The van der Waals surface area contributed by atoms with E-state index < -0.39 is 0 Å². The van der Waals surface area contributed by atoms with Crippen LogP contribution in [0, 0.1) is 5.21 Å². The predicted octanol–water partition coefficient (Wildman–Crippen LogP) is 1.28. The molecule has 0 radical (unpaired) electrons. The van der Waals surface area contributed by atoms with E-state index in [2.05, 4.69) is 26.1 Å². The van der Waals surface area contributed by atoms with Crippen LogP contribution in [0.25, 0.3) is 16.7 Å². The Labute approximate surface area is 92.7 Å². The molecule has 0 aliphatic heterocycles. The summed E-state index contributed by atoms with van der Waals surface area (Å²) in [5.41, 5.74) is 1.76.